The average molecular weight is 311 g/mol. The third-order valence-electron chi connectivity index (χ3n) is 3.51. The average Bonchev–Trinajstić information content (AvgIpc) is 2.84. The number of nitrogens with zero attached hydrogens (tertiary/aromatic N) is 2. The number of aromatic nitrogens is 1. The number of amides is 2. The zero-order valence-corrected chi connectivity index (χ0v) is 12.2. The van der Waals surface area contributed by atoms with E-state index in [1.807, 2.05) is 0 Å². The standard InChI is InChI=1S/C16H13N3O4/c1-9(20)18-11-3-2-10-8-19(15(21)13(10)6-11)12-4-5-17-14(7-12)16(22)23/h2-7H,8H2,1H3,(H,18,20)(H,22,23). The highest BCUT2D eigenvalue weighted by molar-refractivity contribution is 6.11. The number of fused-ring (bicyclic) bond motifs is 1. The summed E-state index contributed by atoms with van der Waals surface area (Å²) < 4.78 is 0. The van der Waals surface area contributed by atoms with Crippen LogP contribution in [0.25, 0.3) is 0 Å². The van der Waals surface area contributed by atoms with Gasteiger partial charge in [-0.1, -0.05) is 6.07 Å². The highest BCUT2D eigenvalue weighted by Crippen LogP contribution is 2.30. The van der Waals surface area contributed by atoms with E-state index in [0.29, 0.717) is 23.5 Å². The summed E-state index contributed by atoms with van der Waals surface area (Å²) in [5.74, 6) is -1.61. The molecule has 0 unspecified atom stereocenters. The van der Waals surface area contributed by atoms with Gasteiger partial charge in [0, 0.05) is 30.1 Å². The van der Waals surface area contributed by atoms with Crippen molar-refractivity contribution in [2.45, 2.75) is 13.5 Å². The SMILES string of the molecule is CC(=O)Nc1ccc2c(c1)C(=O)N(c1ccnc(C(=O)O)c1)C2. The number of pyridine rings is 1. The molecule has 2 aromatic rings. The van der Waals surface area contributed by atoms with Gasteiger partial charge in [-0.3, -0.25) is 9.59 Å². The lowest BCUT2D eigenvalue weighted by molar-refractivity contribution is -0.114. The Morgan fingerprint density at radius 3 is 2.74 bits per heavy atom. The smallest absolute Gasteiger partial charge is 0.354 e. The van der Waals surface area contributed by atoms with Gasteiger partial charge in [0.2, 0.25) is 5.91 Å². The van der Waals surface area contributed by atoms with E-state index in [4.69, 9.17) is 5.11 Å². The molecule has 7 nitrogen and oxygen atoms in total. The Labute approximate surface area is 131 Å². The summed E-state index contributed by atoms with van der Waals surface area (Å²) in [5.41, 5.74) is 2.21. The molecule has 0 spiro atoms. The van der Waals surface area contributed by atoms with Crippen LogP contribution < -0.4 is 10.2 Å². The molecule has 2 amide bonds. The van der Waals surface area contributed by atoms with E-state index in [0.717, 1.165) is 5.56 Å². The first-order chi connectivity index (χ1) is 11.0. The van der Waals surface area contributed by atoms with Crippen molar-refractivity contribution < 1.29 is 19.5 Å². The largest absolute Gasteiger partial charge is 0.477 e. The highest BCUT2D eigenvalue weighted by atomic mass is 16.4. The zero-order valence-electron chi connectivity index (χ0n) is 12.2. The molecule has 2 heterocycles. The minimum atomic E-state index is -1.15. The highest BCUT2D eigenvalue weighted by Gasteiger charge is 2.29. The van der Waals surface area contributed by atoms with Crippen LogP contribution in [0.4, 0.5) is 11.4 Å². The van der Waals surface area contributed by atoms with Gasteiger partial charge in [0.25, 0.3) is 5.91 Å². The van der Waals surface area contributed by atoms with Crippen LogP contribution in [-0.2, 0) is 11.3 Å². The summed E-state index contributed by atoms with van der Waals surface area (Å²) in [6.07, 6.45) is 1.36. The number of carboxylic acid groups (broad SMARTS) is 1. The molecule has 116 valence electrons. The number of carboxylic acids is 1. The number of carbonyl (C=O) groups is 3. The van der Waals surface area contributed by atoms with Crippen molar-refractivity contribution in [3.05, 3.63) is 53.3 Å². The molecule has 1 aromatic carbocycles. The van der Waals surface area contributed by atoms with E-state index < -0.39 is 5.97 Å². The van der Waals surface area contributed by atoms with Crippen molar-refractivity contribution in [3.63, 3.8) is 0 Å². The van der Waals surface area contributed by atoms with E-state index in [-0.39, 0.29) is 17.5 Å². The van der Waals surface area contributed by atoms with Crippen LogP contribution in [-0.4, -0.2) is 27.9 Å². The van der Waals surface area contributed by atoms with Crippen LogP contribution in [0, 0.1) is 0 Å². The van der Waals surface area contributed by atoms with Gasteiger partial charge in [-0.15, -0.1) is 0 Å². The van der Waals surface area contributed by atoms with Crippen LogP contribution in [0.1, 0.15) is 33.3 Å². The summed E-state index contributed by atoms with van der Waals surface area (Å²) in [7, 11) is 0. The lowest BCUT2D eigenvalue weighted by atomic mass is 10.1. The van der Waals surface area contributed by atoms with Crippen LogP contribution in [0.5, 0.6) is 0 Å². The number of hydrogen-bond acceptors (Lipinski definition) is 4. The molecular formula is C16H13N3O4. The number of carbonyl (C=O) groups excluding carboxylic acids is 2. The lowest BCUT2D eigenvalue weighted by Crippen LogP contribution is -2.23. The molecule has 0 bridgehead atoms. The normalized spacial score (nSPS) is 12.9. The van der Waals surface area contributed by atoms with Crippen LogP contribution in [0.15, 0.2) is 36.5 Å². The van der Waals surface area contributed by atoms with Gasteiger partial charge in [0.1, 0.15) is 5.69 Å². The molecule has 23 heavy (non-hydrogen) atoms. The van der Waals surface area contributed by atoms with Gasteiger partial charge in [0.15, 0.2) is 0 Å². The predicted octanol–water partition coefficient (Wildman–Crippen LogP) is 1.90. The predicted molar refractivity (Wildman–Crippen MR) is 82.5 cm³/mol. The molecule has 0 saturated heterocycles. The van der Waals surface area contributed by atoms with E-state index in [2.05, 4.69) is 10.3 Å². The molecule has 7 heteroatoms. The third kappa shape index (κ3) is 2.76. The first-order valence-electron chi connectivity index (χ1n) is 6.87. The maximum Gasteiger partial charge on any atom is 0.354 e. The molecular weight excluding hydrogens is 298 g/mol. The number of anilines is 2. The minimum Gasteiger partial charge on any atom is -0.477 e. The molecule has 0 fully saturated rings. The fraction of sp³-hybridized carbons (Fsp3) is 0.125. The Morgan fingerprint density at radius 2 is 2.04 bits per heavy atom. The molecule has 0 atom stereocenters. The monoisotopic (exact) mass is 311 g/mol. The minimum absolute atomic E-state index is 0.120. The number of hydrogen-bond donors (Lipinski definition) is 2. The van der Waals surface area contributed by atoms with Crippen molar-refractivity contribution in [2.24, 2.45) is 0 Å². The summed E-state index contributed by atoms with van der Waals surface area (Å²) in [5, 5.41) is 11.6. The van der Waals surface area contributed by atoms with Gasteiger partial charge < -0.3 is 15.3 Å². The van der Waals surface area contributed by atoms with Crippen molar-refractivity contribution in [2.75, 3.05) is 10.2 Å². The Morgan fingerprint density at radius 1 is 1.26 bits per heavy atom. The van der Waals surface area contributed by atoms with Crippen molar-refractivity contribution in [1.82, 2.24) is 4.98 Å². The van der Waals surface area contributed by atoms with Crippen LogP contribution in [0.3, 0.4) is 0 Å². The number of nitrogens with one attached hydrogen (secondary N) is 1. The second-order valence-electron chi connectivity index (χ2n) is 5.15. The first-order valence-corrected chi connectivity index (χ1v) is 6.87. The summed E-state index contributed by atoms with van der Waals surface area (Å²) >= 11 is 0. The van der Waals surface area contributed by atoms with Crippen molar-refractivity contribution in [1.29, 1.82) is 0 Å². The van der Waals surface area contributed by atoms with Gasteiger partial charge >= 0.3 is 5.97 Å². The zero-order chi connectivity index (χ0) is 16.6. The maximum atomic E-state index is 12.6. The molecule has 2 N–H and O–H groups in total. The molecule has 0 saturated carbocycles. The Balaban J connectivity index is 1.93. The summed E-state index contributed by atoms with van der Waals surface area (Å²) in [6, 6.07) is 8.08. The van der Waals surface area contributed by atoms with Crippen molar-refractivity contribution >= 4 is 29.2 Å². The van der Waals surface area contributed by atoms with Crippen LogP contribution >= 0.6 is 0 Å². The summed E-state index contributed by atoms with van der Waals surface area (Å²) in [4.78, 5) is 39.9. The first kappa shape index (κ1) is 14.7. The number of aromatic carboxylic acids is 1. The molecule has 1 aliphatic rings. The van der Waals surface area contributed by atoms with Crippen molar-refractivity contribution in [3.8, 4) is 0 Å². The fourth-order valence-corrected chi connectivity index (χ4v) is 2.49. The number of rotatable bonds is 3. The Kier molecular flexibility index (Phi) is 3.53. The molecule has 1 aromatic heterocycles. The molecule has 0 radical (unpaired) electrons. The molecule has 0 aliphatic carbocycles. The number of benzene rings is 1. The third-order valence-corrected chi connectivity index (χ3v) is 3.51. The quantitative estimate of drug-likeness (QED) is 0.902. The van der Waals surface area contributed by atoms with E-state index in [1.54, 1.807) is 24.3 Å². The van der Waals surface area contributed by atoms with Gasteiger partial charge in [-0.2, -0.15) is 0 Å². The Bertz CT molecular complexity index is 832. The summed E-state index contributed by atoms with van der Waals surface area (Å²) in [6.45, 7) is 1.74. The van der Waals surface area contributed by atoms with E-state index in [9.17, 15) is 14.4 Å². The second-order valence-corrected chi connectivity index (χ2v) is 5.15. The topological polar surface area (TPSA) is 99.6 Å². The molecule has 1 aliphatic heterocycles. The van der Waals surface area contributed by atoms with E-state index in [1.165, 1.54) is 24.1 Å². The molecule has 3 rings (SSSR count). The van der Waals surface area contributed by atoms with Crippen LogP contribution in [0.2, 0.25) is 0 Å². The van der Waals surface area contributed by atoms with Gasteiger partial charge in [-0.05, 0) is 29.8 Å². The second kappa shape index (κ2) is 5.53. The van der Waals surface area contributed by atoms with Gasteiger partial charge in [-0.25, -0.2) is 9.78 Å². The van der Waals surface area contributed by atoms with E-state index >= 15 is 0 Å². The Hall–Kier alpha value is -3.22. The van der Waals surface area contributed by atoms with Gasteiger partial charge in [0.05, 0.1) is 6.54 Å². The fourth-order valence-electron chi connectivity index (χ4n) is 2.49. The maximum absolute atomic E-state index is 12.6. The lowest BCUT2D eigenvalue weighted by Gasteiger charge is -2.15.